The van der Waals surface area contributed by atoms with Crippen LogP contribution in [0.3, 0.4) is 0 Å². The number of nitrogens with zero attached hydrogens (tertiary/aromatic N) is 4. The monoisotopic (exact) mass is 422 g/mol. The molecule has 0 spiro atoms. The van der Waals surface area contributed by atoms with Gasteiger partial charge in [-0.1, -0.05) is 13.8 Å². The van der Waals surface area contributed by atoms with E-state index in [4.69, 9.17) is 4.74 Å². The highest BCUT2D eigenvalue weighted by Gasteiger charge is 2.40. The molecule has 1 atom stereocenters. The van der Waals surface area contributed by atoms with Gasteiger partial charge in [-0.05, 0) is 12.1 Å². The van der Waals surface area contributed by atoms with Gasteiger partial charge in [-0.2, -0.15) is 31.4 Å². The average molecular weight is 422 g/mol. The maximum absolute atomic E-state index is 12.8. The molecule has 0 aromatic carbocycles. The average Bonchev–Trinajstić information content (AvgIpc) is 2.97. The first-order valence-electron chi connectivity index (χ1n) is 8.83. The molecule has 3 rings (SSSR count). The zero-order chi connectivity index (χ0) is 21.6. The zero-order valence-corrected chi connectivity index (χ0v) is 16.0. The van der Waals surface area contributed by atoms with Crippen molar-refractivity contribution in [2.45, 2.75) is 38.7 Å². The van der Waals surface area contributed by atoms with Crippen LogP contribution < -0.4 is 9.64 Å². The lowest BCUT2D eigenvalue weighted by molar-refractivity contribution is -0.141. The Hall–Kier alpha value is -2.46. The largest absolute Gasteiger partial charge is 0.474 e. The second kappa shape index (κ2) is 7.10. The number of piperidine rings is 1. The van der Waals surface area contributed by atoms with Gasteiger partial charge >= 0.3 is 12.4 Å². The smallest absolute Gasteiger partial charge is 0.435 e. The third kappa shape index (κ3) is 4.59. The summed E-state index contributed by atoms with van der Waals surface area (Å²) in [6.45, 7) is 4.63. The number of rotatable bonds is 3. The number of aryl methyl sites for hydroxylation is 1. The van der Waals surface area contributed by atoms with Crippen molar-refractivity contribution < 1.29 is 31.1 Å². The number of hydrogen-bond donors (Lipinski definition) is 0. The lowest BCUT2D eigenvalue weighted by atomic mass is 9.81. The van der Waals surface area contributed by atoms with E-state index in [0.29, 0.717) is 25.3 Å². The summed E-state index contributed by atoms with van der Waals surface area (Å²) in [5.74, 6) is 0.418. The first kappa shape index (κ1) is 21.3. The van der Waals surface area contributed by atoms with Crippen molar-refractivity contribution in [3.8, 4) is 5.88 Å². The Morgan fingerprint density at radius 3 is 2.28 bits per heavy atom. The SMILES string of the molecule is Cn1nc(C(F)(F)F)cc1OC1CCN(c2ccc(C(F)(F)F)cn2)CC1(C)C. The van der Waals surface area contributed by atoms with E-state index in [0.717, 1.165) is 23.0 Å². The van der Waals surface area contributed by atoms with Gasteiger partial charge in [0.15, 0.2) is 5.69 Å². The number of anilines is 1. The Morgan fingerprint density at radius 2 is 1.79 bits per heavy atom. The van der Waals surface area contributed by atoms with E-state index >= 15 is 0 Å². The normalized spacial score (nSPS) is 20.0. The third-order valence-corrected chi connectivity index (χ3v) is 4.92. The summed E-state index contributed by atoms with van der Waals surface area (Å²) >= 11 is 0. The Morgan fingerprint density at radius 1 is 1.10 bits per heavy atom. The Labute approximate surface area is 163 Å². The summed E-state index contributed by atoms with van der Waals surface area (Å²) in [7, 11) is 1.37. The van der Waals surface area contributed by atoms with Crippen LogP contribution in [0.5, 0.6) is 5.88 Å². The number of alkyl halides is 6. The van der Waals surface area contributed by atoms with Gasteiger partial charge in [0.2, 0.25) is 5.88 Å². The van der Waals surface area contributed by atoms with Crippen molar-refractivity contribution in [1.82, 2.24) is 14.8 Å². The van der Waals surface area contributed by atoms with Crippen LogP contribution in [0.25, 0.3) is 0 Å². The summed E-state index contributed by atoms with van der Waals surface area (Å²) in [5, 5.41) is 3.44. The standard InChI is InChI=1S/C18H20F6N4O/c1-16(2)10-28(14-5-4-11(9-25-14)17(19,20)21)7-6-13(16)29-15-8-12(18(22,23)24)26-27(15)3/h4-5,8-9,13H,6-7,10H2,1-3H3. The van der Waals surface area contributed by atoms with Crippen molar-refractivity contribution in [2.24, 2.45) is 12.5 Å². The molecule has 0 saturated carbocycles. The molecule has 0 amide bonds. The summed E-state index contributed by atoms with van der Waals surface area (Å²) in [6, 6.07) is 3.16. The maximum atomic E-state index is 12.8. The molecule has 0 bridgehead atoms. The van der Waals surface area contributed by atoms with Crippen molar-refractivity contribution in [3.63, 3.8) is 0 Å². The Balaban J connectivity index is 1.71. The molecular formula is C18H20F6N4O. The molecule has 1 unspecified atom stereocenters. The topological polar surface area (TPSA) is 43.2 Å². The minimum Gasteiger partial charge on any atom is -0.474 e. The summed E-state index contributed by atoms with van der Waals surface area (Å²) < 4.78 is 83.5. The van der Waals surface area contributed by atoms with Gasteiger partial charge in [-0.25, -0.2) is 9.67 Å². The molecule has 29 heavy (non-hydrogen) atoms. The molecule has 0 aliphatic carbocycles. The van der Waals surface area contributed by atoms with Crippen molar-refractivity contribution in [3.05, 3.63) is 35.7 Å². The van der Waals surface area contributed by atoms with E-state index in [1.165, 1.54) is 13.1 Å². The molecule has 160 valence electrons. The van der Waals surface area contributed by atoms with E-state index < -0.39 is 35.1 Å². The fourth-order valence-electron chi connectivity index (χ4n) is 3.34. The van der Waals surface area contributed by atoms with Crippen LogP contribution in [0.1, 0.15) is 31.5 Å². The molecule has 2 aromatic rings. The van der Waals surface area contributed by atoms with E-state index in [-0.39, 0.29) is 5.88 Å². The summed E-state index contributed by atoms with van der Waals surface area (Å²) in [6.07, 6.45) is -8.16. The highest BCUT2D eigenvalue weighted by atomic mass is 19.4. The minimum atomic E-state index is -4.56. The van der Waals surface area contributed by atoms with Gasteiger partial charge in [0, 0.05) is 44.2 Å². The number of aromatic nitrogens is 3. The predicted octanol–water partition coefficient (Wildman–Crippen LogP) is 4.54. The van der Waals surface area contributed by atoms with E-state index in [1.54, 1.807) is 0 Å². The van der Waals surface area contributed by atoms with Crippen LogP contribution in [0.2, 0.25) is 0 Å². The molecule has 1 aliphatic heterocycles. The van der Waals surface area contributed by atoms with E-state index in [9.17, 15) is 26.3 Å². The fourth-order valence-corrected chi connectivity index (χ4v) is 3.34. The summed E-state index contributed by atoms with van der Waals surface area (Å²) in [5.41, 5.74) is -2.35. The van der Waals surface area contributed by atoms with Crippen molar-refractivity contribution in [2.75, 3.05) is 18.0 Å². The van der Waals surface area contributed by atoms with Crippen molar-refractivity contribution in [1.29, 1.82) is 0 Å². The molecule has 1 saturated heterocycles. The van der Waals surface area contributed by atoms with Crippen LogP contribution in [0, 0.1) is 5.41 Å². The maximum Gasteiger partial charge on any atom is 0.435 e. The molecule has 11 heteroatoms. The zero-order valence-electron chi connectivity index (χ0n) is 16.0. The first-order chi connectivity index (χ1) is 13.3. The molecule has 3 heterocycles. The van der Waals surface area contributed by atoms with Crippen LogP contribution in [0.15, 0.2) is 24.4 Å². The van der Waals surface area contributed by atoms with Gasteiger partial charge in [-0.3, -0.25) is 0 Å². The molecule has 2 aromatic heterocycles. The van der Waals surface area contributed by atoms with Gasteiger partial charge in [0.1, 0.15) is 11.9 Å². The lowest BCUT2D eigenvalue weighted by Gasteiger charge is -2.44. The lowest BCUT2D eigenvalue weighted by Crippen LogP contribution is -2.51. The minimum absolute atomic E-state index is 0.0107. The Kier molecular flexibility index (Phi) is 5.20. The Bertz CT molecular complexity index is 857. The predicted molar refractivity (Wildman–Crippen MR) is 92.5 cm³/mol. The van der Waals surface area contributed by atoms with Crippen LogP contribution in [-0.4, -0.2) is 34.0 Å². The second-order valence-electron chi connectivity index (χ2n) is 7.70. The van der Waals surface area contributed by atoms with Crippen molar-refractivity contribution >= 4 is 5.82 Å². The fraction of sp³-hybridized carbons (Fsp3) is 0.556. The number of hydrogen-bond acceptors (Lipinski definition) is 4. The van der Waals surface area contributed by atoms with Gasteiger partial charge < -0.3 is 9.64 Å². The molecule has 0 radical (unpaired) electrons. The van der Waals surface area contributed by atoms with E-state index in [2.05, 4.69) is 10.1 Å². The van der Waals surface area contributed by atoms with Crippen LogP contribution in [0.4, 0.5) is 32.2 Å². The molecule has 1 aliphatic rings. The quantitative estimate of drug-likeness (QED) is 0.682. The molecule has 1 fully saturated rings. The highest BCUT2D eigenvalue weighted by Crippen LogP contribution is 2.37. The van der Waals surface area contributed by atoms with Crippen LogP contribution >= 0.6 is 0 Å². The van der Waals surface area contributed by atoms with Crippen LogP contribution in [-0.2, 0) is 19.4 Å². The second-order valence-corrected chi connectivity index (χ2v) is 7.70. The molecule has 5 nitrogen and oxygen atoms in total. The first-order valence-corrected chi connectivity index (χ1v) is 8.83. The third-order valence-electron chi connectivity index (χ3n) is 4.92. The number of halogens is 6. The highest BCUT2D eigenvalue weighted by molar-refractivity contribution is 5.41. The number of pyridine rings is 1. The molecule has 0 N–H and O–H groups in total. The van der Waals surface area contributed by atoms with Gasteiger partial charge in [-0.15, -0.1) is 0 Å². The summed E-state index contributed by atoms with van der Waals surface area (Å²) in [4.78, 5) is 5.75. The molecular weight excluding hydrogens is 402 g/mol. The van der Waals surface area contributed by atoms with E-state index in [1.807, 2.05) is 18.7 Å². The number of ether oxygens (including phenoxy) is 1. The van der Waals surface area contributed by atoms with Gasteiger partial charge in [0.25, 0.3) is 0 Å². The van der Waals surface area contributed by atoms with Gasteiger partial charge in [0.05, 0.1) is 5.56 Å².